The van der Waals surface area contributed by atoms with Crippen LogP contribution in [0, 0.1) is 26.2 Å². The topological polar surface area (TPSA) is 20.3 Å². The van der Waals surface area contributed by atoms with Crippen LogP contribution >= 0.6 is 0 Å². The zero-order valence-electron chi connectivity index (χ0n) is 14.3. The van der Waals surface area contributed by atoms with Gasteiger partial charge < -0.3 is 4.90 Å². The van der Waals surface area contributed by atoms with Gasteiger partial charge in [-0.15, -0.1) is 0 Å². The van der Waals surface area contributed by atoms with Gasteiger partial charge in [0.05, 0.1) is 0 Å². The van der Waals surface area contributed by atoms with Crippen LogP contribution in [0.15, 0.2) is 12.1 Å². The first-order valence-corrected chi connectivity index (χ1v) is 8.16. The highest BCUT2D eigenvalue weighted by atomic mass is 16.1. The molecule has 21 heavy (non-hydrogen) atoms. The molecule has 0 aromatic heterocycles. The highest BCUT2D eigenvalue weighted by molar-refractivity contribution is 6.02. The van der Waals surface area contributed by atoms with Crippen molar-refractivity contribution < 1.29 is 4.79 Å². The Kier molecular flexibility index (Phi) is 4.88. The predicted octanol–water partition coefficient (Wildman–Crippen LogP) is 4.31. The van der Waals surface area contributed by atoms with E-state index in [1.165, 1.54) is 24.8 Å². The third-order valence-corrected chi connectivity index (χ3v) is 4.59. The zero-order chi connectivity index (χ0) is 15.6. The van der Waals surface area contributed by atoms with Crippen LogP contribution < -0.4 is 0 Å². The molecule has 1 heterocycles. The minimum absolute atomic E-state index is 0.295. The quantitative estimate of drug-likeness (QED) is 0.769. The second-order valence-electron chi connectivity index (χ2n) is 7.32. The lowest BCUT2D eigenvalue weighted by atomic mass is 9.80. The first kappa shape index (κ1) is 16.2. The molecule has 0 amide bonds. The van der Waals surface area contributed by atoms with E-state index in [9.17, 15) is 4.79 Å². The van der Waals surface area contributed by atoms with Crippen LogP contribution in [0.4, 0.5) is 0 Å². The molecule has 1 aromatic carbocycles. The lowest BCUT2D eigenvalue weighted by Crippen LogP contribution is -2.42. The third-order valence-electron chi connectivity index (χ3n) is 4.59. The maximum Gasteiger partial charge on any atom is 0.170 e. The normalized spacial score (nSPS) is 17.0. The summed E-state index contributed by atoms with van der Waals surface area (Å²) in [4.78, 5) is 15.5. The van der Waals surface area contributed by atoms with E-state index in [0.29, 0.717) is 5.78 Å². The summed E-state index contributed by atoms with van der Waals surface area (Å²) >= 11 is 0. The molecule has 1 fully saturated rings. The first-order valence-electron chi connectivity index (χ1n) is 8.16. The van der Waals surface area contributed by atoms with Crippen LogP contribution in [0.5, 0.6) is 0 Å². The highest BCUT2D eigenvalue weighted by Crippen LogP contribution is 2.28. The molecule has 1 aliphatic heterocycles. The molecular weight excluding hydrogens is 258 g/mol. The summed E-state index contributed by atoms with van der Waals surface area (Å²) in [6.45, 7) is 13.6. The van der Waals surface area contributed by atoms with Gasteiger partial charge >= 0.3 is 0 Å². The maximum absolute atomic E-state index is 13.1. The number of ketones is 1. The highest BCUT2D eigenvalue weighted by Gasteiger charge is 2.32. The van der Waals surface area contributed by atoms with E-state index in [4.69, 9.17) is 0 Å². The average Bonchev–Trinajstić information content (AvgIpc) is 2.38. The number of carbonyl (C=O) groups is 1. The zero-order valence-corrected chi connectivity index (χ0v) is 14.3. The number of rotatable bonds is 4. The maximum atomic E-state index is 13.1. The third kappa shape index (κ3) is 3.74. The smallest absolute Gasteiger partial charge is 0.170 e. The number of Topliss-reactive ketones (excluding diaryl/α,β-unsaturated/α-hetero) is 1. The molecule has 2 rings (SSSR count). The molecule has 0 aliphatic carbocycles. The number of hydrogen-bond acceptors (Lipinski definition) is 2. The molecule has 1 saturated heterocycles. The summed E-state index contributed by atoms with van der Waals surface area (Å²) in [5.41, 5.74) is 4.08. The van der Waals surface area contributed by atoms with Gasteiger partial charge in [-0.3, -0.25) is 4.79 Å². The van der Waals surface area contributed by atoms with Crippen molar-refractivity contribution in [2.24, 2.45) is 5.41 Å². The second-order valence-corrected chi connectivity index (χ2v) is 7.32. The first-order chi connectivity index (χ1) is 9.81. The Labute approximate surface area is 129 Å². The van der Waals surface area contributed by atoms with E-state index < -0.39 is 0 Å². The van der Waals surface area contributed by atoms with Gasteiger partial charge in [0.2, 0.25) is 0 Å². The van der Waals surface area contributed by atoms with E-state index in [-0.39, 0.29) is 5.41 Å². The fourth-order valence-corrected chi connectivity index (χ4v) is 3.62. The Morgan fingerprint density at radius 2 is 1.57 bits per heavy atom. The Balaban J connectivity index is 2.21. The lowest BCUT2D eigenvalue weighted by Gasteiger charge is -2.34. The number of aryl methyl sites for hydroxylation is 3. The molecule has 2 nitrogen and oxygen atoms in total. The monoisotopic (exact) mass is 287 g/mol. The molecule has 0 N–H and O–H groups in total. The number of likely N-dealkylation sites (tertiary alicyclic amines) is 1. The van der Waals surface area contributed by atoms with E-state index in [2.05, 4.69) is 51.7 Å². The Morgan fingerprint density at radius 3 is 2.10 bits per heavy atom. The van der Waals surface area contributed by atoms with Crippen LogP contribution in [0.1, 0.15) is 60.2 Å². The fourth-order valence-electron chi connectivity index (χ4n) is 3.62. The fraction of sp³-hybridized carbons (Fsp3) is 0.632. The number of carbonyl (C=O) groups excluding carboxylic acids is 1. The molecule has 116 valence electrons. The van der Waals surface area contributed by atoms with Crippen molar-refractivity contribution in [2.45, 2.75) is 53.9 Å². The van der Waals surface area contributed by atoms with Crippen LogP contribution in [-0.2, 0) is 0 Å². The molecule has 2 heteroatoms. The number of piperidine rings is 1. The van der Waals surface area contributed by atoms with E-state index in [0.717, 1.165) is 36.3 Å². The molecule has 0 bridgehead atoms. The van der Waals surface area contributed by atoms with Gasteiger partial charge in [-0.1, -0.05) is 38.0 Å². The molecule has 0 unspecified atom stereocenters. The average molecular weight is 287 g/mol. The summed E-state index contributed by atoms with van der Waals surface area (Å²) in [6.07, 6.45) is 3.88. The predicted molar refractivity (Wildman–Crippen MR) is 89.1 cm³/mol. The summed E-state index contributed by atoms with van der Waals surface area (Å²) in [5.74, 6) is 0.295. The molecule has 0 atom stereocenters. The van der Waals surface area contributed by atoms with Gasteiger partial charge in [-0.2, -0.15) is 0 Å². The van der Waals surface area contributed by atoms with Crippen LogP contribution in [0.3, 0.4) is 0 Å². The Morgan fingerprint density at radius 1 is 1.05 bits per heavy atom. The van der Waals surface area contributed by atoms with Gasteiger partial charge in [0.25, 0.3) is 0 Å². The number of hydrogen-bond donors (Lipinski definition) is 0. The van der Waals surface area contributed by atoms with Crippen molar-refractivity contribution in [1.82, 2.24) is 4.90 Å². The Hall–Kier alpha value is -1.15. The van der Waals surface area contributed by atoms with Crippen molar-refractivity contribution >= 4 is 5.78 Å². The van der Waals surface area contributed by atoms with Crippen molar-refractivity contribution in [3.05, 3.63) is 34.4 Å². The second kappa shape index (κ2) is 6.31. The van der Waals surface area contributed by atoms with Crippen molar-refractivity contribution in [3.8, 4) is 0 Å². The lowest BCUT2D eigenvalue weighted by molar-refractivity contribution is 0.0743. The molecule has 1 aromatic rings. The van der Waals surface area contributed by atoms with Crippen molar-refractivity contribution in [1.29, 1.82) is 0 Å². The van der Waals surface area contributed by atoms with Crippen LogP contribution in [0.2, 0.25) is 0 Å². The largest absolute Gasteiger partial charge is 0.302 e. The summed E-state index contributed by atoms with van der Waals surface area (Å²) in [7, 11) is 0. The molecule has 0 saturated carbocycles. The van der Waals surface area contributed by atoms with E-state index in [1.54, 1.807) is 0 Å². The molecular formula is C19H29NO. The summed E-state index contributed by atoms with van der Waals surface area (Å²) in [5, 5.41) is 0. The van der Waals surface area contributed by atoms with Crippen molar-refractivity contribution in [2.75, 3.05) is 19.6 Å². The van der Waals surface area contributed by atoms with Crippen molar-refractivity contribution in [3.63, 3.8) is 0 Å². The summed E-state index contributed by atoms with van der Waals surface area (Å²) < 4.78 is 0. The van der Waals surface area contributed by atoms with Gasteiger partial charge in [0.15, 0.2) is 5.78 Å². The molecule has 0 spiro atoms. The number of nitrogens with zero attached hydrogens (tertiary/aromatic N) is 1. The van der Waals surface area contributed by atoms with Gasteiger partial charge in [0.1, 0.15) is 0 Å². The van der Waals surface area contributed by atoms with E-state index in [1.807, 2.05) is 0 Å². The van der Waals surface area contributed by atoms with E-state index >= 15 is 0 Å². The van der Waals surface area contributed by atoms with Gasteiger partial charge in [0, 0.05) is 17.5 Å². The molecule has 1 aliphatic rings. The Bertz CT molecular complexity index is 501. The summed E-state index contributed by atoms with van der Waals surface area (Å²) in [6, 6.07) is 4.24. The minimum atomic E-state index is -0.317. The van der Waals surface area contributed by atoms with Gasteiger partial charge in [-0.25, -0.2) is 0 Å². The van der Waals surface area contributed by atoms with Crippen LogP contribution in [0.25, 0.3) is 0 Å². The van der Waals surface area contributed by atoms with Crippen LogP contribution in [-0.4, -0.2) is 30.3 Å². The standard InChI is InChI=1S/C19H29NO/c1-14-11-15(2)17(16(3)12-14)18(21)19(4,5)13-20-9-7-6-8-10-20/h11-12H,6-10,13H2,1-5H3. The van der Waals surface area contributed by atoms with Gasteiger partial charge in [-0.05, 0) is 57.8 Å². The minimum Gasteiger partial charge on any atom is -0.302 e. The SMILES string of the molecule is Cc1cc(C)c(C(=O)C(C)(C)CN2CCCCC2)c(C)c1. The molecule has 0 radical (unpaired) electrons. The number of benzene rings is 1.